The van der Waals surface area contributed by atoms with Crippen LogP contribution in [-0.4, -0.2) is 17.1 Å². The minimum atomic E-state index is -0.950. The van der Waals surface area contributed by atoms with Gasteiger partial charge in [-0.05, 0) is 0 Å². The van der Waals surface area contributed by atoms with E-state index in [0.29, 0.717) is 12.8 Å². The van der Waals surface area contributed by atoms with Gasteiger partial charge in [-0.15, -0.1) is 0 Å². The molecule has 0 saturated carbocycles. The van der Waals surface area contributed by atoms with Crippen molar-refractivity contribution in [1.82, 2.24) is 0 Å². The first-order valence-electron chi connectivity index (χ1n) is 2.46. The third-order valence-electron chi connectivity index (χ3n) is 0.832. The molecule has 0 aromatic rings. The van der Waals surface area contributed by atoms with Gasteiger partial charge in [0.25, 0.3) is 0 Å². The summed E-state index contributed by atoms with van der Waals surface area (Å²) in [6, 6.07) is -0.729. The first-order chi connectivity index (χ1) is 3.68. The Bertz CT molecular complexity index is 87.0. The number of nitrogens with two attached hydrogens (primary N) is 1. The van der Waals surface area contributed by atoms with Gasteiger partial charge in [0, 0.05) is 32.7 Å². The monoisotopic (exact) mass is 205 g/mol. The predicted molar refractivity (Wildman–Crippen MR) is 30.2 cm³/mol. The molecule has 4 heteroatoms. The van der Waals surface area contributed by atoms with Gasteiger partial charge in [0.2, 0.25) is 0 Å². The quantitative estimate of drug-likeness (QED) is 0.638. The van der Waals surface area contributed by atoms with Crippen LogP contribution in [0.3, 0.4) is 0 Å². The maximum atomic E-state index is 9.94. The van der Waals surface area contributed by atoms with E-state index in [-0.39, 0.29) is 32.7 Å². The van der Waals surface area contributed by atoms with Crippen LogP contribution in [0.1, 0.15) is 12.8 Å². The summed E-state index contributed by atoms with van der Waals surface area (Å²) in [6.45, 7) is 3.46. The second kappa shape index (κ2) is 6.65. The second-order valence-corrected chi connectivity index (χ2v) is 1.59. The van der Waals surface area contributed by atoms with Gasteiger partial charge < -0.3 is 17.8 Å². The van der Waals surface area contributed by atoms with Crippen LogP contribution in [-0.2, 0) is 37.5 Å². The van der Waals surface area contributed by atoms with Gasteiger partial charge in [-0.25, -0.2) is 0 Å². The van der Waals surface area contributed by atoms with E-state index in [1.807, 2.05) is 0 Å². The molecule has 0 rings (SSSR count). The molecule has 0 amide bonds. The van der Waals surface area contributed by atoms with E-state index < -0.39 is 12.0 Å². The minimum Gasteiger partial charge on any atom is -0.480 e. The number of carboxylic acids is 1. The molecule has 3 nitrogen and oxygen atoms in total. The molecule has 0 aromatic heterocycles. The molecule has 9 heavy (non-hydrogen) atoms. The van der Waals surface area contributed by atoms with Gasteiger partial charge in [0.1, 0.15) is 6.04 Å². The van der Waals surface area contributed by atoms with Gasteiger partial charge in [-0.2, -0.15) is 6.42 Å². The predicted octanol–water partition coefficient (Wildman–Crippen LogP) is 0.0101. The van der Waals surface area contributed by atoms with E-state index in [1.165, 1.54) is 0 Å². The van der Waals surface area contributed by atoms with Crippen molar-refractivity contribution in [3.05, 3.63) is 6.92 Å². The van der Waals surface area contributed by atoms with Crippen molar-refractivity contribution in [2.75, 3.05) is 0 Å². The van der Waals surface area contributed by atoms with E-state index in [1.54, 1.807) is 0 Å². The van der Waals surface area contributed by atoms with Gasteiger partial charge >= 0.3 is 5.97 Å². The Balaban J connectivity index is 0. The number of rotatable bonds is 3. The standard InChI is InChI=1S/C5H10NO2.Y/c1-2-3-4(6)5(7)8;/h4H,1-3,6H2,(H,7,8);/q-1;/t4-;/m0./s1. The van der Waals surface area contributed by atoms with Crippen LogP contribution in [0.2, 0.25) is 0 Å². The maximum absolute atomic E-state index is 9.94. The van der Waals surface area contributed by atoms with E-state index >= 15 is 0 Å². The van der Waals surface area contributed by atoms with Crippen LogP contribution < -0.4 is 5.73 Å². The fourth-order valence-electron chi connectivity index (χ4n) is 0.343. The number of aliphatic carboxylic acids is 1. The van der Waals surface area contributed by atoms with Gasteiger partial charge in [-0.1, -0.05) is 6.42 Å². The van der Waals surface area contributed by atoms with Crippen molar-refractivity contribution in [3.63, 3.8) is 0 Å². The van der Waals surface area contributed by atoms with Crippen molar-refractivity contribution in [2.45, 2.75) is 18.9 Å². The molecule has 1 radical (unpaired) electrons. The molecule has 0 bridgehead atoms. The van der Waals surface area contributed by atoms with Crippen molar-refractivity contribution in [3.8, 4) is 0 Å². The Kier molecular flexibility index (Phi) is 9.04. The van der Waals surface area contributed by atoms with Crippen molar-refractivity contribution < 1.29 is 42.6 Å². The first-order valence-corrected chi connectivity index (χ1v) is 2.46. The Morgan fingerprint density at radius 1 is 1.78 bits per heavy atom. The number of hydrogen-bond acceptors (Lipinski definition) is 2. The van der Waals surface area contributed by atoms with Crippen molar-refractivity contribution in [2.24, 2.45) is 5.73 Å². The summed E-state index contributed by atoms with van der Waals surface area (Å²) in [4.78, 5) is 9.94. The Labute approximate surface area is 79.9 Å². The van der Waals surface area contributed by atoms with Crippen LogP contribution in [0.5, 0.6) is 0 Å². The summed E-state index contributed by atoms with van der Waals surface area (Å²) >= 11 is 0. The van der Waals surface area contributed by atoms with Crippen LogP contribution >= 0.6 is 0 Å². The van der Waals surface area contributed by atoms with Crippen LogP contribution in [0.15, 0.2) is 0 Å². The topological polar surface area (TPSA) is 63.3 Å². The molecule has 0 aliphatic heterocycles. The first kappa shape index (κ1) is 12.2. The van der Waals surface area contributed by atoms with E-state index in [2.05, 4.69) is 6.92 Å². The largest absolute Gasteiger partial charge is 0.480 e. The smallest absolute Gasteiger partial charge is 0.320 e. The molecular formula is C5H10NO2Y-. The average molecular weight is 205 g/mol. The maximum Gasteiger partial charge on any atom is 0.320 e. The normalized spacial score (nSPS) is 11.8. The molecule has 0 unspecified atom stereocenters. The van der Waals surface area contributed by atoms with Gasteiger partial charge in [-0.3, -0.25) is 4.79 Å². The van der Waals surface area contributed by atoms with Crippen molar-refractivity contribution in [1.29, 1.82) is 0 Å². The molecule has 0 aromatic carbocycles. The molecule has 0 spiro atoms. The number of hydrogen-bond donors (Lipinski definition) is 2. The summed E-state index contributed by atoms with van der Waals surface area (Å²) in [7, 11) is 0. The summed E-state index contributed by atoms with van der Waals surface area (Å²) in [6.07, 6.45) is 1.03. The van der Waals surface area contributed by atoms with E-state index in [4.69, 9.17) is 10.8 Å². The molecule has 0 aliphatic carbocycles. The molecule has 3 N–H and O–H groups in total. The van der Waals surface area contributed by atoms with Crippen molar-refractivity contribution >= 4 is 5.97 Å². The van der Waals surface area contributed by atoms with Gasteiger partial charge in [0.15, 0.2) is 0 Å². The molecule has 0 fully saturated rings. The number of carbonyl (C=O) groups is 1. The van der Waals surface area contributed by atoms with Crippen LogP contribution in [0.4, 0.5) is 0 Å². The molecular weight excluding hydrogens is 195 g/mol. The van der Waals surface area contributed by atoms with Crippen LogP contribution in [0.25, 0.3) is 0 Å². The molecule has 0 heterocycles. The third kappa shape index (κ3) is 6.42. The number of carboxylic acid groups (broad SMARTS) is 1. The van der Waals surface area contributed by atoms with E-state index in [9.17, 15) is 4.79 Å². The molecule has 0 aliphatic rings. The zero-order chi connectivity index (χ0) is 6.57. The molecule has 51 valence electrons. The summed E-state index contributed by atoms with van der Waals surface area (Å²) in [5.41, 5.74) is 5.09. The molecule has 0 saturated heterocycles. The zero-order valence-corrected chi connectivity index (χ0v) is 8.05. The third-order valence-corrected chi connectivity index (χ3v) is 0.832. The Hall–Kier alpha value is 0.534. The second-order valence-electron chi connectivity index (χ2n) is 1.59. The van der Waals surface area contributed by atoms with Gasteiger partial charge in [0.05, 0.1) is 0 Å². The SMILES string of the molecule is [CH2-]CC[C@H](N)C(=O)O.[Y]. The van der Waals surface area contributed by atoms with E-state index in [0.717, 1.165) is 0 Å². The minimum absolute atomic E-state index is 0. The zero-order valence-electron chi connectivity index (χ0n) is 5.21. The summed E-state index contributed by atoms with van der Waals surface area (Å²) in [5, 5.41) is 8.16. The summed E-state index contributed by atoms with van der Waals surface area (Å²) in [5.74, 6) is -0.950. The Morgan fingerprint density at radius 2 is 2.22 bits per heavy atom. The fraction of sp³-hybridized carbons (Fsp3) is 0.600. The summed E-state index contributed by atoms with van der Waals surface area (Å²) < 4.78 is 0. The molecule has 1 atom stereocenters. The fourth-order valence-corrected chi connectivity index (χ4v) is 0.343. The van der Waals surface area contributed by atoms with Crippen LogP contribution in [0, 0.1) is 6.92 Å². The average Bonchev–Trinajstić information content (AvgIpc) is 1.67. The Morgan fingerprint density at radius 3 is 2.33 bits per heavy atom.